The lowest BCUT2D eigenvalue weighted by atomic mass is 10.1. The van der Waals surface area contributed by atoms with Gasteiger partial charge in [-0.15, -0.1) is 0 Å². The van der Waals surface area contributed by atoms with Gasteiger partial charge in [0.1, 0.15) is 0 Å². The van der Waals surface area contributed by atoms with Crippen molar-refractivity contribution in [3.63, 3.8) is 0 Å². The molecular weight excluding hydrogens is 196 g/mol. The van der Waals surface area contributed by atoms with Crippen LogP contribution >= 0.6 is 11.8 Å². The van der Waals surface area contributed by atoms with Crippen molar-refractivity contribution < 1.29 is 9.90 Å². The molecule has 82 valence electrons. The Hall–Kier alpha value is -0.280. The lowest BCUT2D eigenvalue weighted by molar-refractivity contribution is -0.116. The van der Waals surface area contributed by atoms with E-state index < -0.39 is 6.10 Å². The normalized spacial score (nSPS) is 15.7. The summed E-state index contributed by atoms with van der Waals surface area (Å²) in [6, 6.07) is 0. The third kappa shape index (κ3) is 5.45. The second kappa shape index (κ2) is 8.06. The summed E-state index contributed by atoms with van der Waals surface area (Å²) in [5, 5.41) is 9.69. The Kier molecular flexibility index (Phi) is 7.90. The number of hydrogen-bond donors (Lipinski definition) is 1. The number of allylic oxidation sites excluding steroid dienone is 1. The lowest BCUT2D eigenvalue weighted by Gasteiger charge is -2.13. The van der Waals surface area contributed by atoms with Crippen molar-refractivity contribution >= 4 is 16.9 Å². The average Bonchev–Trinajstić information content (AvgIpc) is 2.17. The summed E-state index contributed by atoms with van der Waals surface area (Å²) in [5.74, 6) is 0.474. The summed E-state index contributed by atoms with van der Waals surface area (Å²) in [6.45, 7) is 5.79. The summed E-state index contributed by atoms with van der Waals surface area (Å²) in [4.78, 5) is 11.4. The molecule has 0 rings (SSSR count). The van der Waals surface area contributed by atoms with Gasteiger partial charge in [-0.2, -0.15) is 0 Å². The van der Waals surface area contributed by atoms with E-state index in [9.17, 15) is 9.90 Å². The summed E-state index contributed by atoms with van der Waals surface area (Å²) < 4.78 is 0. The average molecular weight is 216 g/mol. The van der Waals surface area contributed by atoms with Crippen LogP contribution in [0.5, 0.6) is 0 Å². The Labute approximate surface area is 90.8 Å². The van der Waals surface area contributed by atoms with Crippen LogP contribution in [0.1, 0.15) is 33.6 Å². The first kappa shape index (κ1) is 13.7. The second-order valence-electron chi connectivity index (χ2n) is 3.25. The molecule has 0 aromatic rings. The number of hydrogen-bond acceptors (Lipinski definition) is 3. The highest BCUT2D eigenvalue weighted by molar-refractivity contribution is 8.13. The maximum absolute atomic E-state index is 11.4. The summed E-state index contributed by atoms with van der Waals surface area (Å²) >= 11 is 1.27. The van der Waals surface area contributed by atoms with E-state index in [1.54, 1.807) is 13.0 Å². The SMILES string of the molecule is CCC/C=C/C(O)C(C)C(=O)SCC. The van der Waals surface area contributed by atoms with Crippen LogP contribution in [-0.4, -0.2) is 22.1 Å². The number of unbranched alkanes of at least 4 members (excludes halogenated alkanes) is 1. The molecule has 0 aliphatic rings. The van der Waals surface area contributed by atoms with Gasteiger partial charge < -0.3 is 5.11 Å². The number of rotatable bonds is 6. The summed E-state index contributed by atoms with van der Waals surface area (Å²) in [7, 11) is 0. The lowest BCUT2D eigenvalue weighted by Crippen LogP contribution is -2.21. The molecule has 2 atom stereocenters. The van der Waals surface area contributed by atoms with Gasteiger partial charge in [0.15, 0.2) is 5.12 Å². The van der Waals surface area contributed by atoms with Crippen molar-refractivity contribution in [3.05, 3.63) is 12.2 Å². The van der Waals surface area contributed by atoms with Crippen molar-refractivity contribution in [2.24, 2.45) is 5.92 Å². The Bertz CT molecular complexity index is 190. The van der Waals surface area contributed by atoms with E-state index in [0.717, 1.165) is 18.6 Å². The first-order valence-electron chi connectivity index (χ1n) is 5.14. The molecule has 14 heavy (non-hydrogen) atoms. The fourth-order valence-electron chi connectivity index (χ4n) is 0.982. The highest BCUT2D eigenvalue weighted by Gasteiger charge is 2.19. The predicted octanol–water partition coefficient (Wildman–Crippen LogP) is 2.62. The van der Waals surface area contributed by atoms with Crippen LogP contribution in [0.4, 0.5) is 0 Å². The second-order valence-corrected chi connectivity index (χ2v) is 4.52. The molecule has 0 aromatic heterocycles. The van der Waals surface area contributed by atoms with Gasteiger partial charge in [-0.05, 0) is 12.2 Å². The van der Waals surface area contributed by atoms with E-state index in [0.29, 0.717) is 0 Å². The minimum absolute atomic E-state index is 0.0705. The molecule has 3 heteroatoms. The van der Waals surface area contributed by atoms with Gasteiger partial charge in [-0.1, -0.05) is 51.1 Å². The largest absolute Gasteiger partial charge is 0.388 e. The molecule has 0 saturated heterocycles. The fraction of sp³-hybridized carbons (Fsp3) is 0.727. The highest BCUT2D eigenvalue weighted by atomic mass is 32.2. The maximum atomic E-state index is 11.4. The quantitative estimate of drug-likeness (QED) is 0.693. The highest BCUT2D eigenvalue weighted by Crippen LogP contribution is 2.15. The number of thioether (sulfide) groups is 1. The van der Waals surface area contributed by atoms with Crippen molar-refractivity contribution in [1.82, 2.24) is 0 Å². The Morgan fingerprint density at radius 3 is 2.64 bits per heavy atom. The monoisotopic (exact) mass is 216 g/mol. The third-order valence-electron chi connectivity index (χ3n) is 1.96. The molecule has 0 bridgehead atoms. The Balaban J connectivity index is 3.97. The molecule has 0 radical (unpaired) electrons. The zero-order valence-corrected chi connectivity index (χ0v) is 10.0. The van der Waals surface area contributed by atoms with Crippen LogP contribution in [0, 0.1) is 5.92 Å². The minimum atomic E-state index is -0.631. The molecule has 0 heterocycles. The van der Waals surface area contributed by atoms with Gasteiger partial charge in [0.2, 0.25) is 0 Å². The fourth-order valence-corrected chi connectivity index (χ4v) is 1.67. The standard InChI is InChI=1S/C11H20O2S/c1-4-6-7-8-10(12)9(3)11(13)14-5-2/h7-10,12H,4-6H2,1-3H3/b8-7+. The summed E-state index contributed by atoms with van der Waals surface area (Å²) in [5.41, 5.74) is 0. The zero-order valence-electron chi connectivity index (χ0n) is 9.19. The van der Waals surface area contributed by atoms with E-state index in [2.05, 4.69) is 6.92 Å². The molecular formula is C11H20O2S. The van der Waals surface area contributed by atoms with Crippen LogP contribution in [0.25, 0.3) is 0 Å². The van der Waals surface area contributed by atoms with Gasteiger partial charge in [-0.3, -0.25) is 4.79 Å². The topological polar surface area (TPSA) is 37.3 Å². The van der Waals surface area contributed by atoms with Gasteiger partial charge in [-0.25, -0.2) is 0 Å². The molecule has 2 unspecified atom stereocenters. The van der Waals surface area contributed by atoms with Crippen molar-refractivity contribution in [3.8, 4) is 0 Å². The molecule has 0 fully saturated rings. The smallest absolute Gasteiger partial charge is 0.194 e. The third-order valence-corrected chi connectivity index (χ3v) is 2.90. The summed E-state index contributed by atoms with van der Waals surface area (Å²) in [6.07, 6.45) is 5.05. The van der Waals surface area contributed by atoms with Gasteiger partial charge >= 0.3 is 0 Å². The van der Waals surface area contributed by atoms with Crippen LogP contribution in [0.2, 0.25) is 0 Å². The van der Waals surface area contributed by atoms with Crippen molar-refractivity contribution in [1.29, 1.82) is 0 Å². The van der Waals surface area contributed by atoms with E-state index >= 15 is 0 Å². The van der Waals surface area contributed by atoms with Crippen LogP contribution in [-0.2, 0) is 4.79 Å². The van der Waals surface area contributed by atoms with Gasteiger partial charge in [0, 0.05) is 0 Å². The first-order chi connectivity index (χ1) is 6.63. The van der Waals surface area contributed by atoms with Gasteiger partial charge in [0.25, 0.3) is 0 Å². The van der Waals surface area contributed by atoms with Gasteiger partial charge in [0.05, 0.1) is 12.0 Å². The van der Waals surface area contributed by atoms with Crippen LogP contribution < -0.4 is 0 Å². The molecule has 0 aliphatic heterocycles. The molecule has 0 amide bonds. The molecule has 2 nitrogen and oxygen atoms in total. The predicted molar refractivity (Wildman–Crippen MR) is 62.4 cm³/mol. The zero-order chi connectivity index (χ0) is 11.0. The Morgan fingerprint density at radius 1 is 1.50 bits per heavy atom. The van der Waals surface area contributed by atoms with E-state index in [1.165, 1.54) is 11.8 Å². The number of aliphatic hydroxyl groups is 1. The minimum Gasteiger partial charge on any atom is -0.388 e. The maximum Gasteiger partial charge on any atom is 0.194 e. The Morgan fingerprint density at radius 2 is 2.14 bits per heavy atom. The molecule has 0 spiro atoms. The van der Waals surface area contributed by atoms with E-state index in [-0.39, 0.29) is 11.0 Å². The molecule has 0 saturated carbocycles. The van der Waals surface area contributed by atoms with Crippen LogP contribution in [0.15, 0.2) is 12.2 Å². The first-order valence-corrected chi connectivity index (χ1v) is 6.13. The number of carbonyl (C=O) groups excluding carboxylic acids is 1. The van der Waals surface area contributed by atoms with E-state index in [1.807, 2.05) is 13.0 Å². The van der Waals surface area contributed by atoms with Crippen molar-refractivity contribution in [2.75, 3.05) is 5.75 Å². The van der Waals surface area contributed by atoms with Crippen molar-refractivity contribution in [2.45, 2.75) is 39.7 Å². The van der Waals surface area contributed by atoms with Crippen LogP contribution in [0.3, 0.4) is 0 Å². The molecule has 0 aromatic carbocycles. The number of aliphatic hydroxyl groups excluding tert-OH is 1. The number of carbonyl (C=O) groups is 1. The molecule has 0 aliphatic carbocycles. The van der Waals surface area contributed by atoms with E-state index in [4.69, 9.17) is 0 Å². The molecule has 1 N–H and O–H groups in total.